The number of benzene rings is 1. The lowest BCUT2D eigenvalue weighted by Gasteiger charge is -2.03. The van der Waals surface area contributed by atoms with Crippen LogP contribution in [0.25, 0.3) is 0 Å². The van der Waals surface area contributed by atoms with Gasteiger partial charge in [0.25, 0.3) is 0 Å². The highest BCUT2D eigenvalue weighted by Crippen LogP contribution is 2.14. The molecule has 0 saturated carbocycles. The van der Waals surface area contributed by atoms with Gasteiger partial charge in [-0.05, 0) is 5.56 Å². The SMILES string of the molecule is CNc1nc(CC(=O)NCc2ccccc2)cs1. The Morgan fingerprint density at radius 3 is 2.78 bits per heavy atom. The average Bonchev–Trinajstić information content (AvgIpc) is 2.85. The molecule has 2 N–H and O–H groups in total. The Bertz CT molecular complexity index is 510. The molecule has 0 bridgehead atoms. The van der Waals surface area contributed by atoms with Crippen molar-refractivity contribution in [1.82, 2.24) is 10.3 Å². The Morgan fingerprint density at radius 2 is 2.11 bits per heavy atom. The minimum atomic E-state index is -0.00759. The summed E-state index contributed by atoms with van der Waals surface area (Å²) in [6.45, 7) is 0.558. The maximum Gasteiger partial charge on any atom is 0.226 e. The van der Waals surface area contributed by atoms with Gasteiger partial charge in [-0.25, -0.2) is 4.98 Å². The molecule has 0 atom stereocenters. The maximum absolute atomic E-state index is 11.7. The largest absolute Gasteiger partial charge is 0.365 e. The fourth-order valence-electron chi connectivity index (χ4n) is 1.53. The first kappa shape index (κ1) is 12.6. The third-order valence-electron chi connectivity index (χ3n) is 2.44. The molecular formula is C13H15N3OS. The molecular weight excluding hydrogens is 246 g/mol. The van der Waals surface area contributed by atoms with Crippen LogP contribution >= 0.6 is 11.3 Å². The summed E-state index contributed by atoms with van der Waals surface area (Å²) >= 11 is 1.50. The van der Waals surface area contributed by atoms with E-state index in [2.05, 4.69) is 15.6 Å². The topological polar surface area (TPSA) is 54.0 Å². The van der Waals surface area contributed by atoms with Crippen LogP contribution in [-0.4, -0.2) is 17.9 Å². The van der Waals surface area contributed by atoms with E-state index in [0.29, 0.717) is 13.0 Å². The van der Waals surface area contributed by atoms with Crippen molar-refractivity contribution in [2.24, 2.45) is 0 Å². The van der Waals surface area contributed by atoms with E-state index in [1.54, 1.807) is 0 Å². The molecule has 2 aromatic rings. The summed E-state index contributed by atoms with van der Waals surface area (Å²) in [6.07, 6.45) is 0.324. The van der Waals surface area contributed by atoms with Gasteiger partial charge in [-0.1, -0.05) is 30.3 Å². The van der Waals surface area contributed by atoms with Gasteiger partial charge in [-0.15, -0.1) is 11.3 Å². The first-order valence-corrected chi connectivity index (χ1v) is 6.58. The Hall–Kier alpha value is -1.88. The first-order chi connectivity index (χ1) is 8.78. The van der Waals surface area contributed by atoms with Crippen LogP contribution in [0.5, 0.6) is 0 Å². The van der Waals surface area contributed by atoms with Gasteiger partial charge >= 0.3 is 0 Å². The summed E-state index contributed by atoms with van der Waals surface area (Å²) in [6, 6.07) is 9.85. The molecule has 0 aliphatic heterocycles. The molecule has 2 rings (SSSR count). The molecule has 4 nitrogen and oxygen atoms in total. The Balaban J connectivity index is 1.82. The molecule has 1 heterocycles. The van der Waals surface area contributed by atoms with Gasteiger partial charge in [0.2, 0.25) is 5.91 Å². The molecule has 0 saturated heterocycles. The highest BCUT2D eigenvalue weighted by atomic mass is 32.1. The normalized spacial score (nSPS) is 10.1. The summed E-state index contributed by atoms with van der Waals surface area (Å²) < 4.78 is 0. The molecule has 0 fully saturated rings. The monoisotopic (exact) mass is 261 g/mol. The standard InChI is InChI=1S/C13H15N3OS/c1-14-13-16-11(9-18-13)7-12(17)15-8-10-5-3-2-4-6-10/h2-6,9H,7-8H2,1H3,(H,14,16)(H,15,17). The third kappa shape index (κ3) is 3.56. The molecule has 0 aliphatic rings. The van der Waals surface area contributed by atoms with Gasteiger partial charge in [0.15, 0.2) is 5.13 Å². The van der Waals surface area contributed by atoms with E-state index in [1.807, 2.05) is 42.8 Å². The Kier molecular flexibility index (Phi) is 4.30. The Morgan fingerprint density at radius 1 is 1.33 bits per heavy atom. The summed E-state index contributed by atoms with van der Waals surface area (Å²) in [5.41, 5.74) is 1.90. The lowest BCUT2D eigenvalue weighted by Crippen LogP contribution is -2.24. The number of rotatable bonds is 5. The molecule has 94 valence electrons. The molecule has 0 aliphatic carbocycles. The number of carbonyl (C=O) groups excluding carboxylic acids is 1. The van der Waals surface area contributed by atoms with Gasteiger partial charge in [0, 0.05) is 19.0 Å². The van der Waals surface area contributed by atoms with Crippen LogP contribution in [0.1, 0.15) is 11.3 Å². The lowest BCUT2D eigenvalue weighted by atomic mass is 10.2. The van der Waals surface area contributed by atoms with Crippen molar-refractivity contribution in [3.63, 3.8) is 0 Å². The molecule has 18 heavy (non-hydrogen) atoms. The number of aromatic nitrogens is 1. The van der Waals surface area contributed by atoms with Gasteiger partial charge in [-0.3, -0.25) is 4.79 Å². The fraction of sp³-hybridized carbons (Fsp3) is 0.231. The predicted octanol–water partition coefficient (Wildman–Crippen LogP) is 2.04. The molecule has 0 radical (unpaired) electrons. The van der Waals surface area contributed by atoms with E-state index < -0.39 is 0 Å². The number of amides is 1. The second kappa shape index (κ2) is 6.16. The van der Waals surface area contributed by atoms with E-state index >= 15 is 0 Å². The highest BCUT2D eigenvalue weighted by molar-refractivity contribution is 7.13. The average molecular weight is 261 g/mol. The molecule has 1 aromatic carbocycles. The Labute approximate surface area is 110 Å². The van der Waals surface area contributed by atoms with E-state index in [1.165, 1.54) is 11.3 Å². The third-order valence-corrected chi connectivity index (χ3v) is 3.35. The molecule has 1 amide bonds. The van der Waals surface area contributed by atoms with Crippen molar-refractivity contribution in [2.45, 2.75) is 13.0 Å². The maximum atomic E-state index is 11.7. The van der Waals surface area contributed by atoms with Crippen molar-refractivity contribution < 1.29 is 4.79 Å². The number of hydrogen-bond acceptors (Lipinski definition) is 4. The summed E-state index contributed by atoms with van der Waals surface area (Å²) in [7, 11) is 1.82. The number of carbonyl (C=O) groups is 1. The van der Waals surface area contributed by atoms with E-state index in [4.69, 9.17) is 0 Å². The number of hydrogen-bond donors (Lipinski definition) is 2. The van der Waals surface area contributed by atoms with Crippen molar-refractivity contribution in [3.8, 4) is 0 Å². The van der Waals surface area contributed by atoms with Crippen LogP contribution < -0.4 is 10.6 Å². The van der Waals surface area contributed by atoms with Crippen LogP contribution in [-0.2, 0) is 17.8 Å². The number of nitrogens with one attached hydrogen (secondary N) is 2. The number of nitrogens with zero attached hydrogens (tertiary/aromatic N) is 1. The van der Waals surface area contributed by atoms with E-state index in [0.717, 1.165) is 16.4 Å². The van der Waals surface area contributed by atoms with Crippen molar-refractivity contribution >= 4 is 22.4 Å². The van der Waals surface area contributed by atoms with E-state index in [-0.39, 0.29) is 5.91 Å². The quantitative estimate of drug-likeness (QED) is 0.866. The smallest absolute Gasteiger partial charge is 0.226 e. The molecule has 5 heteroatoms. The number of anilines is 1. The lowest BCUT2D eigenvalue weighted by molar-refractivity contribution is -0.120. The van der Waals surface area contributed by atoms with Crippen LogP contribution in [0.3, 0.4) is 0 Å². The van der Waals surface area contributed by atoms with Crippen LogP contribution in [0.4, 0.5) is 5.13 Å². The minimum Gasteiger partial charge on any atom is -0.365 e. The first-order valence-electron chi connectivity index (χ1n) is 5.70. The van der Waals surface area contributed by atoms with Gasteiger partial charge in [-0.2, -0.15) is 0 Å². The summed E-state index contributed by atoms with van der Waals surface area (Å²) in [4.78, 5) is 16.0. The van der Waals surface area contributed by atoms with E-state index in [9.17, 15) is 4.79 Å². The van der Waals surface area contributed by atoms with Crippen LogP contribution in [0.15, 0.2) is 35.7 Å². The van der Waals surface area contributed by atoms with Crippen LogP contribution in [0, 0.1) is 0 Å². The minimum absolute atomic E-state index is 0.00759. The van der Waals surface area contributed by atoms with Gasteiger partial charge in [0.1, 0.15) is 0 Å². The molecule has 0 unspecified atom stereocenters. The van der Waals surface area contributed by atoms with Gasteiger partial charge < -0.3 is 10.6 Å². The molecule has 0 spiro atoms. The highest BCUT2D eigenvalue weighted by Gasteiger charge is 2.06. The molecule has 1 aromatic heterocycles. The van der Waals surface area contributed by atoms with Crippen LogP contribution in [0.2, 0.25) is 0 Å². The zero-order valence-corrected chi connectivity index (χ0v) is 11.0. The van der Waals surface area contributed by atoms with Crippen molar-refractivity contribution in [3.05, 3.63) is 47.0 Å². The second-order valence-corrected chi connectivity index (χ2v) is 4.69. The van der Waals surface area contributed by atoms with Crippen molar-refractivity contribution in [1.29, 1.82) is 0 Å². The van der Waals surface area contributed by atoms with Crippen molar-refractivity contribution in [2.75, 3.05) is 12.4 Å². The summed E-state index contributed by atoms with van der Waals surface area (Å²) in [5.74, 6) is -0.00759. The fourth-order valence-corrected chi connectivity index (χ4v) is 2.20. The number of thiazole rings is 1. The second-order valence-electron chi connectivity index (χ2n) is 3.83. The zero-order valence-electron chi connectivity index (χ0n) is 10.1. The summed E-state index contributed by atoms with van der Waals surface area (Å²) in [5, 5.41) is 8.57. The van der Waals surface area contributed by atoms with Gasteiger partial charge in [0.05, 0.1) is 12.1 Å². The zero-order chi connectivity index (χ0) is 12.8. The predicted molar refractivity (Wildman–Crippen MR) is 73.7 cm³/mol.